The van der Waals surface area contributed by atoms with Gasteiger partial charge in [-0.25, -0.2) is 17.9 Å². The summed E-state index contributed by atoms with van der Waals surface area (Å²) in [5.41, 5.74) is -0.237. The molecule has 6 nitrogen and oxygen atoms in total. The Hall–Kier alpha value is -2.74. The first-order valence-corrected chi connectivity index (χ1v) is 13.5. The first kappa shape index (κ1) is 24.0. The summed E-state index contributed by atoms with van der Waals surface area (Å²) in [5, 5.41) is 12.1. The van der Waals surface area contributed by atoms with Gasteiger partial charge in [0.1, 0.15) is 6.10 Å². The monoisotopic (exact) mass is 493 g/mol. The van der Waals surface area contributed by atoms with Crippen molar-refractivity contribution < 1.29 is 23.1 Å². The van der Waals surface area contributed by atoms with Crippen molar-refractivity contribution in [1.82, 2.24) is 4.72 Å². The lowest BCUT2D eigenvalue weighted by Crippen LogP contribution is -2.53. The molecule has 3 aromatic carbocycles. The van der Waals surface area contributed by atoms with Crippen LogP contribution >= 0.6 is 0 Å². The van der Waals surface area contributed by atoms with E-state index < -0.39 is 39.7 Å². The van der Waals surface area contributed by atoms with Gasteiger partial charge < -0.3 is 9.84 Å². The van der Waals surface area contributed by atoms with E-state index in [-0.39, 0.29) is 16.2 Å². The molecule has 184 valence electrons. The van der Waals surface area contributed by atoms with Crippen LogP contribution in [0.25, 0.3) is 10.8 Å². The van der Waals surface area contributed by atoms with E-state index in [4.69, 9.17) is 4.74 Å². The molecule has 0 amide bonds. The Kier molecular flexibility index (Phi) is 5.78. The van der Waals surface area contributed by atoms with Gasteiger partial charge in [0, 0.05) is 11.3 Å². The molecule has 0 spiro atoms. The number of sulfonamides is 1. The van der Waals surface area contributed by atoms with E-state index in [9.17, 15) is 18.3 Å². The summed E-state index contributed by atoms with van der Waals surface area (Å²) in [6.45, 7) is 6.31. The summed E-state index contributed by atoms with van der Waals surface area (Å²) in [7, 11) is -3.93. The van der Waals surface area contributed by atoms with Crippen molar-refractivity contribution in [2.24, 2.45) is 16.7 Å². The minimum absolute atomic E-state index is 0.0281. The van der Waals surface area contributed by atoms with Crippen LogP contribution in [0.4, 0.5) is 0 Å². The van der Waals surface area contributed by atoms with Crippen LogP contribution in [0, 0.1) is 16.7 Å². The van der Waals surface area contributed by atoms with Crippen molar-refractivity contribution in [3.05, 3.63) is 78.4 Å². The van der Waals surface area contributed by atoms with Gasteiger partial charge in [-0.1, -0.05) is 87.5 Å². The van der Waals surface area contributed by atoms with Crippen molar-refractivity contribution in [3.8, 4) is 0 Å². The number of carbonyl (C=O) groups is 1. The fourth-order valence-corrected chi connectivity index (χ4v) is 7.85. The number of hydrogen-bond donors (Lipinski definition) is 2. The number of hydrogen-bond acceptors (Lipinski definition) is 5. The van der Waals surface area contributed by atoms with Crippen molar-refractivity contribution in [3.63, 3.8) is 0 Å². The number of rotatable bonds is 6. The van der Waals surface area contributed by atoms with Crippen molar-refractivity contribution in [2.45, 2.75) is 56.8 Å². The molecule has 7 heteroatoms. The first-order valence-electron chi connectivity index (χ1n) is 12.0. The molecule has 3 aromatic rings. The summed E-state index contributed by atoms with van der Waals surface area (Å²) < 4.78 is 36.3. The Balaban J connectivity index is 1.49. The summed E-state index contributed by atoms with van der Waals surface area (Å²) >= 11 is 0. The SMILES string of the molecule is CC1(C)[C@@H]2CC[C@@]1(C)[C@H](NS(=O)(=O)c1cccc3ccccc13)[C@@H]2OC(=O)[C@H](O)c1ccccc1. The topological polar surface area (TPSA) is 92.7 Å². The summed E-state index contributed by atoms with van der Waals surface area (Å²) in [6.07, 6.45) is -0.459. The molecule has 2 aliphatic carbocycles. The van der Waals surface area contributed by atoms with Gasteiger partial charge in [-0.15, -0.1) is 0 Å². The Bertz CT molecular complexity index is 1370. The van der Waals surface area contributed by atoms with E-state index in [2.05, 4.69) is 25.5 Å². The fourth-order valence-electron chi connectivity index (χ4n) is 6.27. The number of fused-ring (bicyclic) bond motifs is 3. The molecule has 2 bridgehead atoms. The van der Waals surface area contributed by atoms with Crippen LogP contribution < -0.4 is 4.72 Å². The summed E-state index contributed by atoms with van der Waals surface area (Å²) in [6, 6.07) is 20.6. The van der Waals surface area contributed by atoms with Crippen LogP contribution in [0.5, 0.6) is 0 Å². The maximum atomic E-state index is 13.7. The highest BCUT2D eigenvalue weighted by Crippen LogP contribution is 2.66. The lowest BCUT2D eigenvalue weighted by atomic mass is 9.69. The molecular weight excluding hydrogens is 462 g/mol. The standard InChI is InChI=1S/C28H31NO5S/c1-27(2)21-16-17-28(27,3)25(24(21)34-26(31)23(30)19-11-5-4-6-12-19)29-35(32,33)22-15-9-13-18-10-7-8-14-20(18)22/h4-15,21,23-25,29-30H,16-17H2,1-3H3/t21-,23-,24-,25-,28+/m1/s1. The number of ether oxygens (including phenoxy) is 1. The fraction of sp³-hybridized carbons (Fsp3) is 0.393. The second-order valence-electron chi connectivity index (χ2n) is 10.6. The average Bonchev–Trinajstić information content (AvgIpc) is 3.16. The number of benzene rings is 3. The third kappa shape index (κ3) is 3.77. The molecule has 0 unspecified atom stereocenters. The predicted molar refractivity (Wildman–Crippen MR) is 134 cm³/mol. The van der Waals surface area contributed by atoms with Crippen LogP contribution in [0.15, 0.2) is 77.7 Å². The molecule has 2 N–H and O–H groups in total. The van der Waals surface area contributed by atoms with Crippen LogP contribution in [-0.2, 0) is 19.6 Å². The van der Waals surface area contributed by atoms with Crippen LogP contribution in [0.3, 0.4) is 0 Å². The number of nitrogens with one attached hydrogen (secondary N) is 1. The smallest absolute Gasteiger partial charge is 0.339 e. The highest BCUT2D eigenvalue weighted by atomic mass is 32.2. The molecule has 2 saturated carbocycles. The Morgan fingerprint density at radius 3 is 2.40 bits per heavy atom. The molecule has 0 saturated heterocycles. The van der Waals surface area contributed by atoms with Gasteiger partial charge in [-0.05, 0) is 40.7 Å². The molecular formula is C28H31NO5S. The van der Waals surface area contributed by atoms with E-state index in [1.807, 2.05) is 24.3 Å². The van der Waals surface area contributed by atoms with Crippen molar-refractivity contribution in [2.75, 3.05) is 0 Å². The zero-order valence-corrected chi connectivity index (χ0v) is 21.0. The van der Waals surface area contributed by atoms with Gasteiger partial charge in [-0.2, -0.15) is 0 Å². The molecule has 2 aliphatic rings. The largest absolute Gasteiger partial charge is 0.458 e. The summed E-state index contributed by atoms with van der Waals surface area (Å²) in [4.78, 5) is 13.2. The summed E-state index contributed by atoms with van der Waals surface area (Å²) in [5.74, 6) is -0.790. The minimum atomic E-state index is -3.93. The second-order valence-corrected chi connectivity index (χ2v) is 12.3. The van der Waals surface area contributed by atoms with Gasteiger partial charge >= 0.3 is 5.97 Å². The number of esters is 1. The quantitative estimate of drug-likeness (QED) is 0.490. The van der Waals surface area contributed by atoms with Crippen LogP contribution in [-0.4, -0.2) is 31.6 Å². The van der Waals surface area contributed by atoms with Crippen LogP contribution in [0.2, 0.25) is 0 Å². The maximum absolute atomic E-state index is 13.7. The van der Waals surface area contributed by atoms with Gasteiger partial charge in [0.25, 0.3) is 0 Å². The zero-order valence-electron chi connectivity index (χ0n) is 20.1. The van der Waals surface area contributed by atoms with Gasteiger partial charge in [-0.3, -0.25) is 0 Å². The number of carbonyl (C=O) groups excluding carboxylic acids is 1. The van der Waals surface area contributed by atoms with Gasteiger partial charge in [0.15, 0.2) is 6.10 Å². The van der Waals surface area contributed by atoms with Crippen LogP contribution in [0.1, 0.15) is 45.3 Å². The average molecular weight is 494 g/mol. The Labute approximate surface area is 206 Å². The second kappa shape index (κ2) is 8.43. The van der Waals surface area contributed by atoms with Crippen molar-refractivity contribution >= 4 is 26.8 Å². The number of aliphatic hydroxyl groups is 1. The third-order valence-corrected chi connectivity index (χ3v) is 10.2. The van der Waals surface area contributed by atoms with E-state index in [0.29, 0.717) is 10.9 Å². The first-order chi connectivity index (χ1) is 16.6. The van der Waals surface area contributed by atoms with E-state index in [1.165, 1.54) is 0 Å². The molecule has 5 rings (SSSR count). The molecule has 0 aliphatic heterocycles. The normalized spacial score (nSPS) is 28.2. The lowest BCUT2D eigenvalue weighted by Gasteiger charge is -2.40. The molecule has 35 heavy (non-hydrogen) atoms. The highest BCUT2D eigenvalue weighted by molar-refractivity contribution is 7.89. The molecule has 0 aromatic heterocycles. The van der Waals surface area contributed by atoms with Gasteiger partial charge in [0.05, 0.1) is 10.9 Å². The number of aliphatic hydroxyl groups excluding tert-OH is 1. The lowest BCUT2D eigenvalue weighted by molar-refractivity contribution is -0.164. The van der Waals surface area contributed by atoms with E-state index in [0.717, 1.165) is 18.2 Å². The maximum Gasteiger partial charge on any atom is 0.339 e. The molecule has 2 fully saturated rings. The Morgan fingerprint density at radius 2 is 1.66 bits per heavy atom. The minimum Gasteiger partial charge on any atom is -0.458 e. The van der Waals surface area contributed by atoms with Crippen molar-refractivity contribution in [1.29, 1.82) is 0 Å². The highest BCUT2D eigenvalue weighted by Gasteiger charge is 2.68. The molecule has 5 atom stereocenters. The van der Waals surface area contributed by atoms with E-state index in [1.54, 1.807) is 48.5 Å². The van der Waals surface area contributed by atoms with E-state index >= 15 is 0 Å². The van der Waals surface area contributed by atoms with Gasteiger partial charge in [0.2, 0.25) is 10.0 Å². The molecule has 0 radical (unpaired) electrons. The Morgan fingerprint density at radius 1 is 1.00 bits per heavy atom. The third-order valence-electron chi connectivity index (χ3n) is 8.70. The zero-order chi connectivity index (χ0) is 25.0. The molecule has 0 heterocycles. The predicted octanol–water partition coefficient (Wildman–Crippen LogP) is 4.59.